The summed E-state index contributed by atoms with van der Waals surface area (Å²) in [6.45, 7) is 5.50. The van der Waals surface area contributed by atoms with E-state index in [-0.39, 0.29) is 12.2 Å². The number of aryl methyl sites for hydroxylation is 2. The number of nitrogens with one attached hydrogen (secondary N) is 2. The molecule has 4 N–H and O–H groups in total. The molecule has 4 nitrogen and oxygen atoms in total. The van der Waals surface area contributed by atoms with E-state index in [4.69, 9.17) is 5.73 Å². The van der Waals surface area contributed by atoms with Gasteiger partial charge in [0.2, 0.25) is 5.91 Å². The van der Waals surface area contributed by atoms with Crippen molar-refractivity contribution < 1.29 is 9.18 Å². The van der Waals surface area contributed by atoms with Crippen LogP contribution in [0.1, 0.15) is 28.8 Å². The van der Waals surface area contributed by atoms with Crippen molar-refractivity contribution in [2.45, 2.75) is 26.7 Å². The smallest absolute Gasteiger partial charge is 0.221 e. The highest BCUT2D eigenvalue weighted by Gasteiger charge is 2.21. The van der Waals surface area contributed by atoms with Gasteiger partial charge in [0.05, 0.1) is 11.9 Å². The van der Waals surface area contributed by atoms with E-state index in [1.54, 1.807) is 0 Å². The third-order valence-corrected chi connectivity index (χ3v) is 4.32. The summed E-state index contributed by atoms with van der Waals surface area (Å²) >= 11 is 0. The largest absolute Gasteiger partial charge is 0.369 e. The Kier molecular flexibility index (Phi) is 3.74. The SMILES string of the molecule is Cc1[nH]c2c(CC(N)=O)cc(F)c(C3=CCCNC3)c2c1C. The van der Waals surface area contributed by atoms with E-state index >= 15 is 0 Å². The minimum atomic E-state index is -0.461. The molecule has 3 rings (SSSR count). The van der Waals surface area contributed by atoms with E-state index in [9.17, 15) is 9.18 Å². The molecule has 0 radical (unpaired) electrons. The van der Waals surface area contributed by atoms with Gasteiger partial charge in [-0.25, -0.2) is 4.39 Å². The number of primary amides is 1. The Morgan fingerprint density at radius 1 is 1.41 bits per heavy atom. The summed E-state index contributed by atoms with van der Waals surface area (Å²) in [6, 6.07) is 1.44. The molecule has 0 saturated carbocycles. The van der Waals surface area contributed by atoms with Gasteiger partial charge in [0, 0.05) is 23.2 Å². The first-order valence-electron chi connectivity index (χ1n) is 7.47. The van der Waals surface area contributed by atoms with Crippen LogP contribution in [0, 0.1) is 19.7 Å². The van der Waals surface area contributed by atoms with Crippen LogP contribution < -0.4 is 11.1 Å². The number of fused-ring (bicyclic) bond motifs is 1. The van der Waals surface area contributed by atoms with Gasteiger partial charge in [0.25, 0.3) is 0 Å². The standard InChI is InChI=1S/C17H20FN3O/c1-9-10(2)21-17-12(7-14(19)22)6-13(18)16(15(9)17)11-4-3-5-20-8-11/h4,6,20-21H,3,5,7-8H2,1-2H3,(H2,19,22). The zero-order valence-corrected chi connectivity index (χ0v) is 12.8. The third-order valence-electron chi connectivity index (χ3n) is 4.32. The lowest BCUT2D eigenvalue weighted by Crippen LogP contribution is -2.22. The number of hydrogen-bond donors (Lipinski definition) is 3. The molecule has 0 unspecified atom stereocenters. The van der Waals surface area contributed by atoms with Crippen molar-refractivity contribution in [3.63, 3.8) is 0 Å². The van der Waals surface area contributed by atoms with E-state index in [2.05, 4.69) is 16.4 Å². The Morgan fingerprint density at radius 2 is 2.18 bits per heavy atom. The number of benzene rings is 1. The molecule has 1 aromatic carbocycles. The number of amides is 1. The van der Waals surface area contributed by atoms with E-state index in [0.717, 1.165) is 40.7 Å². The van der Waals surface area contributed by atoms with Crippen LogP contribution in [0.2, 0.25) is 0 Å². The van der Waals surface area contributed by atoms with Crippen LogP contribution >= 0.6 is 0 Å². The minimum Gasteiger partial charge on any atom is -0.369 e. The fraction of sp³-hybridized carbons (Fsp3) is 0.353. The fourth-order valence-corrected chi connectivity index (χ4v) is 3.16. The monoisotopic (exact) mass is 301 g/mol. The van der Waals surface area contributed by atoms with Gasteiger partial charge in [-0.3, -0.25) is 4.79 Å². The molecule has 1 aliphatic rings. The second-order valence-electron chi connectivity index (χ2n) is 5.86. The van der Waals surface area contributed by atoms with E-state index in [0.29, 0.717) is 17.7 Å². The third kappa shape index (κ3) is 2.41. The molecule has 2 aromatic rings. The Morgan fingerprint density at radius 3 is 2.82 bits per heavy atom. The zero-order chi connectivity index (χ0) is 15.9. The molecule has 1 aliphatic heterocycles. The van der Waals surface area contributed by atoms with Gasteiger partial charge in [-0.2, -0.15) is 0 Å². The number of carbonyl (C=O) groups is 1. The molecule has 2 heterocycles. The molecular formula is C17H20FN3O. The maximum absolute atomic E-state index is 14.8. The van der Waals surface area contributed by atoms with Gasteiger partial charge in [-0.15, -0.1) is 0 Å². The lowest BCUT2D eigenvalue weighted by molar-refractivity contribution is -0.117. The first-order valence-corrected chi connectivity index (χ1v) is 7.47. The predicted octanol–water partition coefficient (Wildman–Crippen LogP) is 2.33. The number of H-pyrrole nitrogens is 1. The summed E-state index contributed by atoms with van der Waals surface area (Å²) in [7, 11) is 0. The van der Waals surface area contributed by atoms with Crippen LogP contribution in [0.15, 0.2) is 12.1 Å². The summed E-state index contributed by atoms with van der Waals surface area (Å²) in [5.41, 5.74) is 10.3. The van der Waals surface area contributed by atoms with Crippen molar-refractivity contribution in [2.75, 3.05) is 13.1 Å². The summed E-state index contributed by atoms with van der Waals surface area (Å²) in [5, 5.41) is 4.14. The molecule has 0 bridgehead atoms. The maximum atomic E-state index is 14.8. The van der Waals surface area contributed by atoms with Crippen molar-refractivity contribution >= 4 is 22.4 Å². The van der Waals surface area contributed by atoms with Gasteiger partial charge in [-0.05, 0) is 49.6 Å². The van der Waals surface area contributed by atoms with Crippen molar-refractivity contribution in [1.29, 1.82) is 0 Å². The van der Waals surface area contributed by atoms with E-state index in [1.807, 2.05) is 13.8 Å². The minimum absolute atomic E-state index is 0.0321. The van der Waals surface area contributed by atoms with Gasteiger partial charge in [0.15, 0.2) is 0 Å². The maximum Gasteiger partial charge on any atom is 0.221 e. The highest BCUT2D eigenvalue weighted by Crippen LogP contribution is 2.35. The molecule has 0 saturated heterocycles. The normalized spacial score (nSPS) is 15.1. The predicted molar refractivity (Wildman–Crippen MR) is 86.1 cm³/mol. The highest BCUT2D eigenvalue weighted by atomic mass is 19.1. The second-order valence-corrected chi connectivity index (χ2v) is 5.86. The summed E-state index contributed by atoms with van der Waals surface area (Å²) in [4.78, 5) is 14.6. The quantitative estimate of drug-likeness (QED) is 0.814. The first kappa shape index (κ1) is 14.8. The Bertz CT molecular complexity index is 789. The van der Waals surface area contributed by atoms with Crippen LogP contribution in [0.5, 0.6) is 0 Å². The van der Waals surface area contributed by atoms with Crippen LogP contribution in [0.25, 0.3) is 16.5 Å². The second kappa shape index (κ2) is 5.57. The van der Waals surface area contributed by atoms with E-state index in [1.165, 1.54) is 6.07 Å². The molecule has 1 amide bonds. The number of rotatable bonds is 3. The lowest BCUT2D eigenvalue weighted by Gasteiger charge is -2.17. The first-order chi connectivity index (χ1) is 10.5. The number of halogens is 1. The summed E-state index contributed by atoms with van der Waals surface area (Å²) in [5.74, 6) is -0.752. The molecule has 0 atom stereocenters. The Labute approximate surface area is 128 Å². The summed E-state index contributed by atoms with van der Waals surface area (Å²) in [6.07, 6.45) is 3.01. The van der Waals surface area contributed by atoms with Crippen molar-refractivity contribution in [1.82, 2.24) is 10.3 Å². The van der Waals surface area contributed by atoms with Crippen LogP contribution in [-0.4, -0.2) is 24.0 Å². The molecule has 0 spiro atoms. The molecular weight excluding hydrogens is 281 g/mol. The average molecular weight is 301 g/mol. The highest BCUT2D eigenvalue weighted by molar-refractivity contribution is 5.99. The molecule has 0 fully saturated rings. The number of aromatic nitrogens is 1. The summed E-state index contributed by atoms with van der Waals surface area (Å²) < 4.78 is 14.8. The van der Waals surface area contributed by atoms with Gasteiger partial charge in [0.1, 0.15) is 5.82 Å². The van der Waals surface area contributed by atoms with Crippen LogP contribution in [0.4, 0.5) is 4.39 Å². The molecule has 0 aliphatic carbocycles. The zero-order valence-electron chi connectivity index (χ0n) is 12.8. The topological polar surface area (TPSA) is 70.9 Å². The molecule has 1 aromatic heterocycles. The van der Waals surface area contributed by atoms with Crippen LogP contribution in [-0.2, 0) is 11.2 Å². The number of hydrogen-bond acceptors (Lipinski definition) is 2. The van der Waals surface area contributed by atoms with Crippen molar-refractivity contribution in [3.05, 3.63) is 40.3 Å². The Balaban J connectivity index is 2.31. The lowest BCUT2D eigenvalue weighted by atomic mass is 9.93. The van der Waals surface area contributed by atoms with E-state index < -0.39 is 5.91 Å². The molecule has 5 heteroatoms. The number of nitrogens with two attached hydrogens (primary N) is 1. The van der Waals surface area contributed by atoms with Crippen molar-refractivity contribution in [2.24, 2.45) is 5.73 Å². The molecule has 22 heavy (non-hydrogen) atoms. The Hall–Kier alpha value is -2.14. The number of aromatic amines is 1. The van der Waals surface area contributed by atoms with Gasteiger partial charge >= 0.3 is 0 Å². The molecule has 116 valence electrons. The average Bonchev–Trinajstić information content (AvgIpc) is 2.76. The van der Waals surface area contributed by atoms with Crippen LogP contribution in [0.3, 0.4) is 0 Å². The van der Waals surface area contributed by atoms with Gasteiger partial charge in [-0.1, -0.05) is 6.08 Å². The van der Waals surface area contributed by atoms with Crippen molar-refractivity contribution in [3.8, 4) is 0 Å². The fourth-order valence-electron chi connectivity index (χ4n) is 3.16. The van der Waals surface area contributed by atoms with Gasteiger partial charge < -0.3 is 16.0 Å². The number of carbonyl (C=O) groups excluding carboxylic acids is 1.